The zero-order valence-corrected chi connectivity index (χ0v) is 11.4. The average Bonchev–Trinajstić information content (AvgIpc) is 2.78. The van der Waals surface area contributed by atoms with Crippen LogP contribution in [0, 0.1) is 5.92 Å². The van der Waals surface area contributed by atoms with E-state index in [-0.39, 0.29) is 0 Å². The molecule has 17 heavy (non-hydrogen) atoms. The monoisotopic (exact) mass is 301 g/mol. The average molecular weight is 302 g/mol. The number of nitrogens with zero attached hydrogens (tertiary/aromatic N) is 2. The molecule has 1 aromatic rings. The number of ether oxygens (including phenoxy) is 2. The summed E-state index contributed by atoms with van der Waals surface area (Å²) < 4.78 is 11.2. The Morgan fingerprint density at radius 1 is 1.53 bits per heavy atom. The minimum Gasteiger partial charge on any atom is -0.383 e. The van der Waals surface area contributed by atoms with Crippen LogP contribution in [0.4, 0.5) is 5.82 Å². The summed E-state index contributed by atoms with van der Waals surface area (Å²) in [6, 6.07) is 0. The summed E-state index contributed by atoms with van der Waals surface area (Å²) >= 11 is 3.37. The minimum atomic E-state index is 0.432. The molecule has 0 amide bonds. The third-order valence-electron chi connectivity index (χ3n) is 2.77. The molecule has 1 unspecified atom stereocenters. The molecule has 2 rings (SSSR count). The van der Waals surface area contributed by atoms with Gasteiger partial charge in [0.15, 0.2) is 0 Å². The van der Waals surface area contributed by atoms with Gasteiger partial charge in [-0.2, -0.15) is 0 Å². The third kappa shape index (κ3) is 3.14. The maximum atomic E-state index is 5.84. The maximum absolute atomic E-state index is 5.84. The van der Waals surface area contributed by atoms with E-state index in [1.807, 2.05) is 0 Å². The lowest BCUT2D eigenvalue weighted by Crippen LogP contribution is -2.11. The van der Waals surface area contributed by atoms with Crippen molar-refractivity contribution in [3.63, 3.8) is 0 Å². The number of anilines is 1. The van der Waals surface area contributed by atoms with Gasteiger partial charge in [-0.15, -0.1) is 0 Å². The molecule has 2 N–H and O–H groups in total. The van der Waals surface area contributed by atoms with Gasteiger partial charge in [-0.05, 0) is 28.3 Å². The van der Waals surface area contributed by atoms with Crippen molar-refractivity contribution in [1.82, 2.24) is 9.97 Å². The summed E-state index contributed by atoms with van der Waals surface area (Å²) in [6.07, 6.45) is 1.88. The fraction of sp³-hybridized carbons (Fsp3) is 0.636. The van der Waals surface area contributed by atoms with Gasteiger partial charge in [0, 0.05) is 26.7 Å². The Morgan fingerprint density at radius 2 is 2.35 bits per heavy atom. The number of rotatable bonds is 4. The van der Waals surface area contributed by atoms with Crippen LogP contribution in [0.15, 0.2) is 4.47 Å². The normalized spacial score (nSPS) is 19.8. The van der Waals surface area contributed by atoms with Crippen LogP contribution in [-0.4, -0.2) is 30.3 Å². The molecule has 1 atom stereocenters. The summed E-state index contributed by atoms with van der Waals surface area (Å²) in [5.74, 6) is 1.75. The van der Waals surface area contributed by atoms with Gasteiger partial charge < -0.3 is 15.2 Å². The van der Waals surface area contributed by atoms with E-state index in [9.17, 15) is 0 Å². The van der Waals surface area contributed by atoms with E-state index in [0.29, 0.717) is 18.3 Å². The molecule has 0 bridgehead atoms. The highest BCUT2D eigenvalue weighted by atomic mass is 79.9. The van der Waals surface area contributed by atoms with Gasteiger partial charge in [-0.1, -0.05) is 0 Å². The van der Waals surface area contributed by atoms with Crippen LogP contribution in [-0.2, 0) is 22.5 Å². The summed E-state index contributed by atoms with van der Waals surface area (Å²) in [7, 11) is 1.63. The number of halogens is 1. The Balaban J connectivity index is 2.16. The van der Waals surface area contributed by atoms with Crippen molar-refractivity contribution in [1.29, 1.82) is 0 Å². The van der Waals surface area contributed by atoms with E-state index < -0.39 is 0 Å². The third-order valence-corrected chi connectivity index (χ3v) is 3.63. The SMILES string of the molecule is COCc1nc(CC2CCOC2)nc(N)c1Br. The Kier molecular flexibility index (Phi) is 4.31. The fourth-order valence-electron chi connectivity index (χ4n) is 1.89. The highest BCUT2D eigenvalue weighted by molar-refractivity contribution is 9.10. The molecule has 0 spiro atoms. The van der Waals surface area contributed by atoms with Crippen LogP contribution >= 0.6 is 15.9 Å². The van der Waals surface area contributed by atoms with Crippen LogP contribution in [0.25, 0.3) is 0 Å². The van der Waals surface area contributed by atoms with Crippen molar-refractivity contribution in [3.05, 3.63) is 16.0 Å². The van der Waals surface area contributed by atoms with Crippen molar-refractivity contribution in [2.75, 3.05) is 26.1 Å². The first-order valence-electron chi connectivity index (χ1n) is 5.58. The second-order valence-electron chi connectivity index (χ2n) is 4.15. The van der Waals surface area contributed by atoms with Crippen molar-refractivity contribution < 1.29 is 9.47 Å². The first-order chi connectivity index (χ1) is 8.20. The van der Waals surface area contributed by atoms with Crippen LogP contribution in [0.5, 0.6) is 0 Å². The molecule has 2 heterocycles. The number of nitrogen functional groups attached to an aromatic ring is 1. The maximum Gasteiger partial charge on any atom is 0.141 e. The van der Waals surface area contributed by atoms with Gasteiger partial charge in [0.05, 0.1) is 16.8 Å². The van der Waals surface area contributed by atoms with E-state index in [1.165, 1.54) is 0 Å². The van der Waals surface area contributed by atoms with Crippen LogP contribution in [0.2, 0.25) is 0 Å². The van der Waals surface area contributed by atoms with Gasteiger partial charge in [0.2, 0.25) is 0 Å². The van der Waals surface area contributed by atoms with Crippen molar-refractivity contribution >= 4 is 21.7 Å². The van der Waals surface area contributed by atoms with Gasteiger partial charge in [0.1, 0.15) is 11.6 Å². The number of hydrogen-bond acceptors (Lipinski definition) is 5. The number of hydrogen-bond donors (Lipinski definition) is 1. The van der Waals surface area contributed by atoms with E-state index in [4.69, 9.17) is 15.2 Å². The Hall–Kier alpha value is -0.720. The molecule has 6 heteroatoms. The smallest absolute Gasteiger partial charge is 0.141 e. The quantitative estimate of drug-likeness (QED) is 0.913. The lowest BCUT2D eigenvalue weighted by atomic mass is 10.0. The molecule has 0 radical (unpaired) electrons. The van der Waals surface area contributed by atoms with E-state index >= 15 is 0 Å². The Labute approximate surface area is 109 Å². The second kappa shape index (κ2) is 5.75. The number of aromatic nitrogens is 2. The highest BCUT2D eigenvalue weighted by Gasteiger charge is 2.19. The molecular weight excluding hydrogens is 286 g/mol. The Bertz CT molecular complexity index is 395. The van der Waals surface area contributed by atoms with E-state index in [0.717, 1.165) is 42.0 Å². The van der Waals surface area contributed by atoms with Gasteiger partial charge in [-0.25, -0.2) is 9.97 Å². The molecule has 0 saturated carbocycles. The zero-order valence-electron chi connectivity index (χ0n) is 9.78. The van der Waals surface area contributed by atoms with Gasteiger partial charge >= 0.3 is 0 Å². The lowest BCUT2D eigenvalue weighted by molar-refractivity contribution is 0.180. The second-order valence-corrected chi connectivity index (χ2v) is 4.95. The summed E-state index contributed by atoms with van der Waals surface area (Å²) in [5, 5.41) is 0. The van der Waals surface area contributed by atoms with Crippen molar-refractivity contribution in [2.45, 2.75) is 19.4 Å². The first kappa shape index (κ1) is 12.7. The van der Waals surface area contributed by atoms with Crippen molar-refractivity contribution in [3.8, 4) is 0 Å². The highest BCUT2D eigenvalue weighted by Crippen LogP contribution is 2.23. The predicted octanol–water partition coefficient (Wildman–Crippen LogP) is 1.55. The molecule has 1 aliphatic heterocycles. The van der Waals surface area contributed by atoms with Gasteiger partial charge in [-0.3, -0.25) is 0 Å². The van der Waals surface area contributed by atoms with Crippen LogP contribution in [0.1, 0.15) is 17.9 Å². The van der Waals surface area contributed by atoms with E-state index in [2.05, 4.69) is 25.9 Å². The largest absolute Gasteiger partial charge is 0.383 e. The van der Waals surface area contributed by atoms with Crippen molar-refractivity contribution in [2.24, 2.45) is 5.92 Å². The minimum absolute atomic E-state index is 0.432. The fourth-order valence-corrected chi connectivity index (χ4v) is 2.18. The molecular formula is C11H16BrN3O2. The lowest BCUT2D eigenvalue weighted by Gasteiger charge is -2.10. The summed E-state index contributed by atoms with van der Waals surface area (Å²) in [5.41, 5.74) is 6.64. The Morgan fingerprint density at radius 3 is 3.00 bits per heavy atom. The molecule has 0 aliphatic carbocycles. The summed E-state index contributed by atoms with van der Waals surface area (Å²) in [6.45, 7) is 2.06. The molecule has 5 nitrogen and oxygen atoms in total. The summed E-state index contributed by atoms with van der Waals surface area (Å²) in [4.78, 5) is 8.76. The van der Waals surface area contributed by atoms with Crippen LogP contribution in [0.3, 0.4) is 0 Å². The topological polar surface area (TPSA) is 70.3 Å². The molecule has 94 valence electrons. The predicted molar refractivity (Wildman–Crippen MR) is 67.5 cm³/mol. The van der Waals surface area contributed by atoms with Crippen LogP contribution < -0.4 is 5.73 Å². The number of nitrogens with two attached hydrogens (primary N) is 1. The molecule has 1 saturated heterocycles. The molecule has 1 fully saturated rings. The standard InChI is InChI=1S/C11H16BrN3O2/c1-16-6-8-10(12)11(13)15-9(14-8)4-7-2-3-17-5-7/h7H,2-6H2,1H3,(H2,13,14,15). The molecule has 1 aromatic heterocycles. The van der Waals surface area contributed by atoms with Gasteiger partial charge in [0.25, 0.3) is 0 Å². The molecule has 0 aromatic carbocycles. The first-order valence-corrected chi connectivity index (χ1v) is 6.37. The zero-order chi connectivity index (χ0) is 12.3. The number of methoxy groups -OCH3 is 1. The van der Waals surface area contributed by atoms with E-state index in [1.54, 1.807) is 7.11 Å². The molecule has 1 aliphatic rings.